The summed E-state index contributed by atoms with van der Waals surface area (Å²) >= 11 is 0. The second-order valence-electron chi connectivity index (χ2n) is 4.38. The molecule has 1 heterocycles. The second-order valence-corrected chi connectivity index (χ2v) is 4.38. The summed E-state index contributed by atoms with van der Waals surface area (Å²) in [6.45, 7) is 3.49. The van der Waals surface area contributed by atoms with E-state index in [-0.39, 0.29) is 0 Å². The lowest BCUT2D eigenvalue weighted by atomic mass is 9.74. The monoisotopic (exact) mass is 259 g/mol. The molecular formula is C11H15O7. The van der Waals surface area contributed by atoms with Crippen LogP contribution in [0, 0.1) is 6.61 Å². The van der Waals surface area contributed by atoms with Crippen molar-refractivity contribution in [3.05, 3.63) is 6.61 Å². The number of hydrogen-bond acceptors (Lipinski definition) is 7. The molecule has 0 amide bonds. The van der Waals surface area contributed by atoms with Crippen LogP contribution in [0.2, 0.25) is 0 Å². The number of hydrogen-bond donors (Lipinski definition) is 3. The van der Waals surface area contributed by atoms with E-state index in [0.717, 1.165) is 20.8 Å². The molecule has 1 radical (unpaired) electrons. The minimum Gasteiger partial charge on any atom is -0.382 e. The summed E-state index contributed by atoms with van der Waals surface area (Å²) in [5, 5.41) is 29.9. The molecule has 0 bridgehead atoms. The van der Waals surface area contributed by atoms with Gasteiger partial charge < -0.3 is 20.1 Å². The average Bonchev–Trinajstić information content (AvgIpc) is 2.53. The van der Waals surface area contributed by atoms with Crippen LogP contribution in [0.5, 0.6) is 0 Å². The summed E-state index contributed by atoms with van der Waals surface area (Å²) in [6, 6.07) is 0. The van der Waals surface area contributed by atoms with Crippen molar-refractivity contribution >= 4 is 17.3 Å². The van der Waals surface area contributed by atoms with Gasteiger partial charge in [0.05, 0.1) is 0 Å². The van der Waals surface area contributed by atoms with Crippen molar-refractivity contribution in [2.45, 2.75) is 44.2 Å². The molecule has 1 unspecified atom stereocenters. The third kappa shape index (κ3) is 1.79. The van der Waals surface area contributed by atoms with E-state index in [0.29, 0.717) is 6.61 Å². The van der Waals surface area contributed by atoms with Gasteiger partial charge in [-0.1, -0.05) is 0 Å². The first-order chi connectivity index (χ1) is 8.09. The Kier molecular flexibility index (Phi) is 3.73. The first-order valence-electron chi connectivity index (χ1n) is 5.24. The number of aliphatic hydroxyl groups excluding tert-OH is 1. The van der Waals surface area contributed by atoms with Crippen molar-refractivity contribution in [3.63, 3.8) is 0 Å². The van der Waals surface area contributed by atoms with Crippen molar-refractivity contribution < 1.29 is 34.4 Å². The maximum Gasteiger partial charge on any atom is 0.190 e. The van der Waals surface area contributed by atoms with E-state index in [9.17, 15) is 29.7 Å². The second kappa shape index (κ2) is 4.51. The fourth-order valence-corrected chi connectivity index (χ4v) is 1.91. The molecule has 0 aromatic rings. The minimum atomic E-state index is -2.69. The van der Waals surface area contributed by atoms with Crippen LogP contribution in [0.3, 0.4) is 0 Å². The van der Waals surface area contributed by atoms with Gasteiger partial charge in [-0.05, 0) is 20.8 Å². The summed E-state index contributed by atoms with van der Waals surface area (Å²) < 4.78 is 4.79. The number of ether oxygens (including phenoxy) is 1. The third-order valence-electron chi connectivity index (χ3n) is 3.15. The molecule has 0 aliphatic carbocycles. The van der Waals surface area contributed by atoms with Crippen LogP contribution in [0.1, 0.15) is 20.8 Å². The van der Waals surface area contributed by atoms with E-state index in [2.05, 4.69) is 0 Å². The van der Waals surface area contributed by atoms with Gasteiger partial charge in [-0.25, -0.2) is 0 Å². The Balaban J connectivity index is 3.31. The van der Waals surface area contributed by atoms with Crippen LogP contribution in [0.25, 0.3) is 0 Å². The highest BCUT2D eigenvalue weighted by Gasteiger charge is 2.68. The Labute approximate surface area is 103 Å². The number of carbonyl (C=O) groups excluding carboxylic acids is 3. The summed E-state index contributed by atoms with van der Waals surface area (Å²) in [4.78, 5) is 34.0. The highest BCUT2D eigenvalue weighted by atomic mass is 16.6. The van der Waals surface area contributed by atoms with Crippen LogP contribution in [-0.4, -0.2) is 56.1 Å². The lowest BCUT2D eigenvalue weighted by Gasteiger charge is -2.36. The van der Waals surface area contributed by atoms with Crippen molar-refractivity contribution in [3.8, 4) is 0 Å². The van der Waals surface area contributed by atoms with E-state index in [4.69, 9.17) is 4.74 Å². The van der Waals surface area contributed by atoms with Gasteiger partial charge in [0.25, 0.3) is 0 Å². The zero-order valence-corrected chi connectivity index (χ0v) is 10.2. The number of ketones is 3. The third-order valence-corrected chi connectivity index (χ3v) is 3.15. The van der Waals surface area contributed by atoms with E-state index < -0.39 is 40.8 Å². The standard InChI is InChI=1S/C11H15O7/c1-5(12)8(15)9-11(17,7(3)14)10(16,4-18-9)6(2)13/h4,8-9,15-17H,1-3H3/t8?,9-,10-,11-/m1/s1. The molecule has 1 aliphatic heterocycles. The fourth-order valence-electron chi connectivity index (χ4n) is 1.91. The van der Waals surface area contributed by atoms with Crippen LogP contribution < -0.4 is 0 Å². The summed E-state index contributed by atoms with van der Waals surface area (Å²) in [6.07, 6.45) is -3.55. The molecule has 1 rings (SSSR count). The maximum atomic E-state index is 11.5. The molecule has 7 heteroatoms. The topological polar surface area (TPSA) is 121 Å². The largest absolute Gasteiger partial charge is 0.382 e. The van der Waals surface area contributed by atoms with Gasteiger partial charge in [0.1, 0.15) is 18.8 Å². The number of rotatable bonds is 4. The van der Waals surface area contributed by atoms with Gasteiger partial charge in [0.15, 0.2) is 28.6 Å². The average molecular weight is 259 g/mol. The van der Waals surface area contributed by atoms with Gasteiger partial charge in [-0.15, -0.1) is 0 Å². The highest BCUT2D eigenvalue weighted by Crippen LogP contribution is 2.41. The predicted molar refractivity (Wildman–Crippen MR) is 57.1 cm³/mol. The lowest BCUT2D eigenvalue weighted by molar-refractivity contribution is -0.180. The summed E-state index contributed by atoms with van der Waals surface area (Å²) in [5.74, 6) is -2.68. The Hall–Kier alpha value is -1.15. The predicted octanol–water partition coefficient (Wildman–Crippen LogP) is -1.86. The molecule has 0 aromatic carbocycles. The molecule has 101 valence electrons. The van der Waals surface area contributed by atoms with Gasteiger partial charge >= 0.3 is 0 Å². The van der Waals surface area contributed by atoms with Crippen LogP contribution in [0.4, 0.5) is 0 Å². The van der Waals surface area contributed by atoms with Crippen molar-refractivity contribution in [2.24, 2.45) is 0 Å². The molecule has 4 atom stereocenters. The minimum absolute atomic E-state index is 0.577. The Morgan fingerprint density at radius 2 is 1.67 bits per heavy atom. The first-order valence-corrected chi connectivity index (χ1v) is 5.24. The van der Waals surface area contributed by atoms with E-state index in [1.807, 2.05) is 0 Å². The summed E-state index contributed by atoms with van der Waals surface area (Å²) in [5.41, 5.74) is -5.27. The Morgan fingerprint density at radius 3 is 2.00 bits per heavy atom. The van der Waals surface area contributed by atoms with E-state index >= 15 is 0 Å². The molecule has 0 aromatic heterocycles. The zero-order chi connectivity index (χ0) is 14.3. The molecule has 1 fully saturated rings. The molecule has 7 nitrogen and oxygen atoms in total. The van der Waals surface area contributed by atoms with E-state index in [1.54, 1.807) is 0 Å². The van der Waals surface area contributed by atoms with Crippen LogP contribution in [-0.2, 0) is 19.1 Å². The van der Waals surface area contributed by atoms with Crippen molar-refractivity contribution in [1.82, 2.24) is 0 Å². The highest BCUT2D eigenvalue weighted by molar-refractivity contribution is 6.00. The lowest BCUT2D eigenvalue weighted by Crippen LogP contribution is -2.66. The molecule has 0 spiro atoms. The molecule has 0 saturated carbocycles. The Morgan fingerprint density at radius 1 is 1.17 bits per heavy atom. The van der Waals surface area contributed by atoms with Crippen molar-refractivity contribution in [1.29, 1.82) is 0 Å². The molecule has 3 N–H and O–H groups in total. The molecule has 18 heavy (non-hydrogen) atoms. The van der Waals surface area contributed by atoms with Gasteiger partial charge in [-0.3, -0.25) is 14.4 Å². The fraction of sp³-hybridized carbons (Fsp3) is 0.636. The van der Waals surface area contributed by atoms with Gasteiger partial charge in [-0.2, -0.15) is 0 Å². The first kappa shape index (κ1) is 14.9. The van der Waals surface area contributed by atoms with Crippen LogP contribution >= 0.6 is 0 Å². The Bertz CT molecular complexity index is 404. The van der Waals surface area contributed by atoms with Crippen molar-refractivity contribution in [2.75, 3.05) is 0 Å². The maximum absolute atomic E-state index is 11.5. The smallest absolute Gasteiger partial charge is 0.190 e. The normalized spacial score (nSPS) is 37.3. The van der Waals surface area contributed by atoms with E-state index in [1.165, 1.54) is 0 Å². The quantitative estimate of drug-likeness (QED) is 0.541. The zero-order valence-electron chi connectivity index (χ0n) is 10.2. The van der Waals surface area contributed by atoms with Gasteiger partial charge in [0.2, 0.25) is 0 Å². The number of carbonyl (C=O) groups is 3. The summed E-state index contributed by atoms with van der Waals surface area (Å²) in [7, 11) is 0. The SMILES string of the molecule is CC(=O)C(O)[C@H]1O[CH][C@@](O)(C(C)=O)[C@@]1(O)C(C)=O. The van der Waals surface area contributed by atoms with Crippen LogP contribution in [0.15, 0.2) is 0 Å². The number of Topliss-reactive ketones (excluding diaryl/α,β-unsaturated/α-hetero) is 3. The van der Waals surface area contributed by atoms with Gasteiger partial charge in [0, 0.05) is 0 Å². The number of aliphatic hydroxyl groups is 3. The molecule has 1 saturated heterocycles. The molecule has 1 aliphatic rings. The molecular weight excluding hydrogens is 244 g/mol.